The molecule has 1 unspecified atom stereocenters. The second-order valence-corrected chi connectivity index (χ2v) is 7.67. The largest absolute Gasteiger partial charge is 0.299 e. The SMILES string of the molecule is CC(C)NC(C#N)CSc1ccc(S(C)(=O)=O)cc1. The van der Waals surface area contributed by atoms with E-state index < -0.39 is 9.84 Å². The maximum absolute atomic E-state index is 11.3. The highest BCUT2D eigenvalue weighted by Crippen LogP contribution is 2.21. The molecule has 1 atom stereocenters. The molecule has 0 aliphatic rings. The van der Waals surface area contributed by atoms with Gasteiger partial charge in [-0.15, -0.1) is 11.8 Å². The first-order chi connectivity index (χ1) is 8.82. The lowest BCUT2D eigenvalue weighted by Crippen LogP contribution is -2.35. The van der Waals surface area contributed by atoms with E-state index in [1.807, 2.05) is 13.8 Å². The molecule has 0 fully saturated rings. The van der Waals surface area contributed by atoms with E-state index in [0.29, 0.717) is 10.6 Å². The van der Waals surface area contributed by atoms with Gasteiger partial charge in [0.1, 0.15) is 6.04 Å². The van der Waals surface area contributed by atoms with Crippen molar-refractivity contribution in [1.82, 2.24) is 5.32 Å². The van der Waals surface area contributed by atoms with Crippen molar-refractivity contribution in [2.45, 2.75) is 35.7 Å². The van der Waals surface area contributed by atoms with Crippen LogP contribution in [0.3, 0.4) is 0 Å². The predicted octanol–water partition coefficient (Wildman–Crippen LogP) is 2.07. The smallest absolute Gasteiger partial charge is 0.175 e. The summed E-state index contributed by atoms with van der Waals surface area (Å²) in [4.78, 5) is 1.27. The third kappa shape index (κ3) is 5.64. The van der Waals surface area contributed by atoms with Crippen molar-refractivity contribution < 1.29 is 8.42 Å². The van der Waals surface area contributed by atoms with Crippen molar-refractivity contribution in [2.75, 3.05) is 12.0 Å². The fourth-order valence-corrected chi connectivity index (χ4v) is 2.98. The molecule has 0 aliphatic heterocycles. The third-order valence-electron chi connectivity index (χ3n) is 2.36. The average molecular weight is 298 g/mol. The van der Waals surface area contributed by atoms with Gasteiger partial charge in [0.2, 0.25) is 0 Å². The van der Waals surface area contributed by atoms with Crippen molar-refractivity contribution in [3.8, 4) is 6.07 Å². The van der Waals surface area contributed by atoms with E-state index >= 15 is 0 Å². The summed E-state index contributed by atoms with van der Waals surface area (Å²) in [5.41, 5.74) is 0. The Morgan fingerprint density at radius 3 is 2.32 bits per heavy atom. The molecule has 1 aromatic carbocycles. The number of nitrogens with one attached hydrogen (secondary N) is 1. The summed E-state index contributed by atoms with van der Waals surface area (Å²) < 4.78 is 22.6. The van der Waals surface area contributed by atoms with Gasteiger partial charge in [0, 0.05) is 22.9 Å². The normalized spacial score (nSPS) is 13.2. The number of rotatable bonds is 6. The van der Waals surface area contributed by atoms with Crippen LogP contribution in [0.5, 0.6) is 0 Å². The fourth-order valence-electron chi connectivity index (χ4n) is 1.49. The van der Waals surface area contributed by atoms with E-state index in [-0.39, 0.29) is 12.1 Å². The second-order valence-electron chi connectivity index (χ2n) is 4.56. The third-order valence-corrected chi connectivity index (χ3v) is 4.59. The molecule has 1 rings (SSSR count). The van der Waals surface area contributed by atoms with Crippen LogP contribution in [0.15, 0.2) is 34.1 Å². The summed E-state index contributed by atoms with van der Waals surface area (Å²) in [5.74, 6) is 0.632. The summed E-state index contributed by atoms with van der Waals surface area (Å²) in [6, 6.07) is 8.99. The van der Waals surface area contributed by atoms with Crippen LogP contribution in [0.25, 0.3) is 0 Å². The molecule has 0 bridgehead atoms. The van der Waals surface area contributed by atoms with Gasteiger partial charge in [-0.3, -0.25) is 5.32 Å². The molecule has 0 aromatic heterocycles. The average Bonchev–Trinajstić information content (AvgIpc) is 2.33. The molecule has 6 heteroatoms. The van der Waals surface area contributed by atoms with E-state index in [1.165, 1.54) is 18.0 Å². The van der Waals surface area contributed by atoms with Gasteiger partial charge in [-0.2, -0.15) is 5.26 Å². The Kier molecular flexibility index (Phi) is 5.85. The number of hydrogen-bond donors (Lipinski definition) is 1. The highest BCUT2D eigenvalue weighted by molar-refractivity contribution is 7.99. The van der Waals surface area contributed by atoms with Crippen LogP contribution >= 0.6 is 11.8 Å². The summed E-state index contributed by atoms with van der Waals surface area (Å²) in [7, 11) is -3.15. The highest BCUT2D eigenvalue weighted by atomic mass is 32.2. The van der Waals surface area contributed by atoms with Crippen molar-refractivity contribution >= 4 is 21.6 Å². The van der Waals surface area contributed by atoms with Gasteiger partial charge in [0.15, 0.2) is 9.84 Å². The lowest BCUT2D eigenvalue weighted by Gasteiger charge is -2.14. The Bertz CT molecular complexity index is 545. The summed E-state index contributed by atoms with van der Waals surface area (Å²) >= 11 is 1.53. The maximum atomic E-state index is 11.3. The topological polar surface area (TPSA) is 70.0 Å². The van der Waals surface area contributed by atoms with E-state index in [0.717, 1.165) is 4.90 Å². The van der Waals surface area contributed by atoms with E-state index in [9.17, 15) is 8.42 Å². The van der Waals surface area contributed by atoms with Gasteiger partial charge in [-0.25, -0.2) is 8.42 Å². The molecule has 1 N–H and O–H groups in total. The maximum Gasteiger partial charge on any atom is 0.175 e. The lowest BCUT2D eigenvalue weighted by molar-refractivity contribution is 0.560. The first-order valence-corrected chi connectivity index (χ1v) is 8.79. The summed E-state index contributed by atoms with van der Waals surface area (Å²) in [6.07, 6.45) is 1.19. The standard InChI is InChI=1S/C13H18N2O2S2/c1-10(2)15-11(8-14)9-18-12-4-6-13(7-5-12)19(3,16)17/h4-7,10-11,15H,9H2,1-3H3. The van der Waals surface area contributed by atoms with Crippen molar-refractivity contribution in [3.63, 3.8) is 0 Å². The molecule has 0 aliphatic carbocycles. The van der Waals surface area contributed by atoms with Crippen LogP contribution < -0.4 is 5.32 Å². The molecule has 0 heterocycles. The minimum Gasteiger partial charge on any atom is -0.299 e. The van der Waals surface area contributed by atoms with Crippen LogP contribution in [0.2, 0.25) is 0 Å². The second kappa shape index (κ2) is 6.94. The Balaban J connectivity index is 2.62. The number of benzene rings is 1. The van der Waals surface area contributed by atoms with Crippen molar-refractivity contribution in [3.05, 3.63) is 24.3 Å². The molecule has 0 radical (unpaired) electrons. The van der Waals surface area contributed by atoms with Crippen LogP contribution in [-0.2, 0) is 9.84 Å². The zero-order valence-electron chi connectivity index (χ0n) is 11.3. The number of hydrogen-bond acceptors (Lipinski definition) is 5. The monoisotopic (exact) mass is 298 g/mol. The van der Waals surface area contributed by atoms with E-state index in [2.05, 4.69) is 11.4 Å². The fraction of sp³-hybridized carbons (Fsp3) is 0.462. The minimum atomic E-state index is -3.15. The molecular formula is C13H18N2O2S2. The number of nitrogens with zero attached hydrogens (tertiary/aromatic N) is 1. The Morgan fingerprint density at radius 1 is 1.32 bits per heavy atom. The minimum absolute atomic E-state index is 0.209. The van der Waals surface area contributed by atoms with Crippen LogP contribution in [-0.4, -0.2) is 32.5 Å². The first-order valence-electron chi connectivity index (χ1n) is 5.91. The Labute approximate surface area is 119 Å². The molecule has 4 nitrogen and oxygen atoms in total. The zero-order chi connectivity index (χ0) is 14.5. The van der Waals surface area contributed by atoms with Gasteiger partial charge in [-0.1, -0.05) is 0 Å². The number of sulfone groups is 1. The van der Waals surface area contributed by atoms with E-state index in [1.54, 1.807) is 24.3 Å². The molecule has 0 spiro atoms. The molecule has 0 amide bonds. The predicted molar refractivity (Wildman–Crippen MR) is 77.9 cm³/mol. The van der Waals surface area contributed by atoms with Crippen molar-refractivity contribution in [2.24, 2.45) is 0 Å². The van der Waals surface area contributed by atoms with Gasteiger partial charge in [0.25, 0.3) is 0 Å². The van der Waals surface area contributed by atoms with Gasteiger partial charge in [-0.05, 0) is 38.1 Å². The van der Waals surface area contributed by atoms with Gasteiger partial charge >= 0.3 is 0 Å². The van der Waals surface area contributed by atoms with Gasteiger partial charge in [0.05, 0.1) is 11.0 Å². The summed E-state index contributed by atoms with van der Waals surface area (Å²) in [5, 5.41) is 12.2. The molecule has 19 heavy (non-hydrogen) atoms. The Hall–Kier alpha value is -1.03. The lowest BCUT2D eigenvalue weighted by atomic mass is 10.3. The molecular weight excluding hydrogens is 280 g/mol. The van der Waals surface area contributed by atoms with Crippen LogP contribution in [0.4, 0.5) is 0 Å². The zero-order valence-corrected chi connectivity index (χ0v) is 12.9. The number of nitriles is 1. The Morgan fingerprint density at radius 2 is 1.89 bits per heavy atom. The molecule has 1 aromatic rings. The first kappa shape index (κ1) is 16.0. The summed E-state index contributed by atoms with van der Waals surface area (Å²) in [6.45, 7) is 3.99. The van der Waals surface area contributed by atoms with Gasteiger partial charge < -0.3 is 0 Å². The molecule has 0 saturated carbocycles. The van der Waals surface area contributed by atoms with Crippen molar-refractivity contribution in [1.29, 1.82) is 5.26 Å². The number of thioether (sulfide) groups is 1. The highest BCUT2D eigenvalue weighted by Gasteiger charge is 2.10. The molecule has 0 saturated heterocycles. The molecule has 104 valence electrons. The van der Waals surface area contributed by atoms with E-state index in [4.69, 9.17) is 5.26 Å². The quantitative estimate of drug-likeness (QED) is 0.814. The van der Waals surface area contributed by atoms with Crippen LogP contribution in [0.1, 0.15) is 13.8 Å². The van der Waals surface area contributed by atoms with Crippen LogP contribution in [0, 0.1) is 11.3 Å².